The number of allylic oxidation sites excluding steroid dienone is 1. The minimum absolute atomic E-state index is 0.0167. The van der Waals surface area contributed by atoms with E-state index in [2.05, 4.69) is 20.4 Å². The summed E-state index contributed by atoms with van der Waals surface area (Å²) in [7, 11) is 0. The Morgan fingerprint density at radius 2 is 1.97 bits per heavy atom. The summed E-state index contributed by atoms with van der Waals surface area (Å²) in [6.07, 6.45) is 10.5. The Morgan fingerprint density at radius 1 is 1.16 bits per heavy atom. The van der Waals surface area contributed by atoms with Gasteiger partial charge in [0.2, 0.25) is 0 Å². The molecule has 0 radical (unpaired) electrons. The van der Waals surface area contributed by atoms with Crippen LogP contribution in [0.3, 0.4) is 0 Å². The highest BCUT2D eigenvalue weighted by molar-refractivity contribution is 5.51. The summed E-state index contributed by atoms with van der Waals surface area (Å²) < 4.78 is 31.2. The first-order valence-electron chi connectivity index (χ1n) is 10.1. The molecule has 0 unspecified atom stereocenters. The van der Waals surface area contributed by atoms with Crippen LogP contribution in [-0.2, 0) is 12.1 Å². The Morgan fingerprint density at radius 3 is 2.62 bits per heavy atom. The van der Waals surface area contributed by atoms with Crippen LogP contribution in [0.1, 0.15) is 24.5 Å². The normalized spacial score (nSPS) is 14.5. The summed E-state index contributed by atoms with van der Waals surface area (Å²) in [4.78, 5) is 3.89. The largest absolute Gasteiger partial charge is 0.383 e. The maximum atomic E-state index is 14.6. The molecule has 0 aliphatic rings. The van der Waals surface area contributed by atoms with Gasteiger partial charge in [0.1, 0.15) is 29.9 Å². The molecule has 9 heteroatoms. The fourth-order valence-electron chi connectivity index (χ4n) is 3.60. The van der Waals surface area contributed by atoms with Crippen molar-refractivity contribution in [3.8, 4) is 5.69 Å². The van der Waals surface area contributed by atoms with E-state index < -0.39 is 23.2 Å². The molecule has 2 heterocycles. The van der Waals surface area contributed by atoms with Gasteiger partial charge < -0.3 is 5.11 Å². The molecule has 0 aliphatic heterocycles. The molecule has 1 N–H and O–H groups in total. The molecule has 0 saturated heterocycles. The van der Waals surface area contributed by atoms with Crippen LogP contribution in [0.2, 0.25) is 0 Å². The topological polar surface area (TPSA) is 81.6 Å². The zero-order chi connectivity index (χ0) is 22.6. The Kier molecular flexibility index (Phi) is 6.18. The zero-order valence-electron chi connectivity index (χ0n) is 17.4. The van der Waals surface area contributed by atoms with Gasteiger partial charge in [-0.25, -0.2) is 23.1 Å². The maximum Gasteiger partial charge on any atom is 0.137 e. The maximum absolute atomic E-state index is 14.6. The summed E-state index contributed by atoms with van der Waals surface area (Å²) in [6, 6.07) is 10.9. The van der Waals surface area contributed by atoms with Gasteiger partial charge in [-0.2, -0.15) is 5.10 Å². The molecule has 164 valence electrons. The Hall–Kier alpha value is -3.72. The molecule has 2 aromatic carbocycles. The number of benzene rings is 2. The molecular formula is C23H22F2N6O. The highest BCUT2D eigenvalue weighted by atomic mass is 19.1. The highest BCUT2D eigenvalue weighted by Gasteiger charge is 2.38. The van der Waals surface area contributed by atoms with Crippen LogP contribution < -0.4 is 0 Å². The molecule has 0 amide bonds. The quantitative estimate of drug-likeness (QED) is 0.455. The van der Waals surface area contributed by atoms with E-state index in [4.69, 9.17) is 0 Å². The average molecular weight is 436 g/mol. The van der Waals surface area contributed by atoms with Crippen molar-refractivity contribution in [2.45, 2.75) is 25.5 Å². The predicted molar refractivity (Wildman–Crippen MR) is 114 cm³/mol. The summed E-state index contributed by atoms with van der Waals surface area (Å²) in [5.74, 6) is -1.90. The zero-order valence-corrected chi connectivity index (χ0v) is 17.4. The second-order valence-corrected chi connectivity index (χ2v) is 7.62. The third-order valence-electron chi connectivity index (χ3n) is 5.46. The second-order valence-electron chi connectivity index (χ2n) is 7.62. The van der Waals surface area contributed by atoms with Gasteiger partial charge in [0.05, 0.1) is 24.6 Å². The first-order chi connectivity index (χ1) is 15.5. The molecule has 0 aliphatic carbocycles. The van der Waals surface area contributed by atoms with E-state index in [-0.39, 0.29) is 12.1 Å². The summed E-state index contributed by atoms with van der Waals surface area (Å²) in [6.45, 7) is 1.80. The number of aliphatic hydroxyl groups is 1. The number of hydrogen-bond donors (Lipinski definition) is 1. The van der Waals surface area contributed by atoms with E-state index in [1.54, 1.807) is 17.1 Å². The molecule has 0 bridgehead atoms. The lowest BCUT2D eigenvalue weighted by atomic mass is 9.80. The van der Waals surface area contributed by atoms with E-state index in [9.17, 15) is 13.9 Å². The van der Waals surface area contributed by atoms with Gasteiger partial charge in [-0.3, -0.25) is 0 Å². The van der Waals surface area contributed by atoms with E-state index in [0.29, 0.717) is 6.42 Å². The molecule has 2 atom stereocenters. The first kappa shape index (κ1) is 21.5. The molecule has 2 aromatic heterocycles. The molecule has 0 fully saturated rings. The lowest BCUT2D eigenvalue weighted by Crippen LogP contribution is -2.39. The smallest absolute Gasteiger partial charge is 0.137 e. The first-order valence-corrected chi connectivity index (χ1v) is 10.1. The van der Waals surface area contributed by atoms with Crippen molar-refractivity contribution in [2.75, 3.05) is 0 Å². The third-order valence-corrected chi connectivity index (χ3v) is 5.46. The van der Waals surface area contributed by atoms with Crippen molar-refractivity contribution in [3.05, 3.63) is 96.4 Å². The number of aromatic nitrogens is 6. The lowest BCUT2D eigenvalue weighted by Gasteiger charge is -2.34. The van der Waals surface area contributed by atoms with Crippen molar-refractivity contribution in [3.63, 3.8) is 0 Å². The molecular weight excluding hydrogens is 414 g/mol. The number of rotatable bonds is 8. The van der Waals surface area contributed by atoms with Gasteiger partial charge in [-0.15, -0.1) is 5.10 Å². The molecule has 0 spiro atoms. The van der Waals surface area contributed by atoms with E-state index in [1.807, 2.05) is 43.3 Å². The van der Waals surface area contributed by atoms with Crippen LogP contribution in [0.5, 0.6) is 0 Å². The lowest BCUT2D eigenvalue weighted by molar-refractivity contribution is -0.0379. The fourth-order valence-corrected chi connectivity index (χ4v) is 3.60. The highest BCUT2D eigenvalue weighted by Crippen LogP contribution is 2.35. The van der Waals surface area contributed by atoms with Crippen LogP contribution >= 0.6 is 0 Å². The molecule has 4 rings (SSSR count). The van der Waals surface area contributed by atoms with Crippen LogP contribution in [0.4, 0.5) is 8.78 Å². The second kappa shape index (κ2) is 9.19. The summed E-state index contributed by atoms with van der Waals surface area (Å²) >= 11 is 0. The predicted octanol–water partition coefficient (Wildman–Crippen LogP) is 3.76. The minimum atomic E-state index is -1.62. The monoisotopic (exact) mass is 436 g/mol. The van der Waals surface area contributed by atoms with Crippen molar-refractivity contribution >= 4 is 6.08 Å². The molecule has 4 aromatic rings. The van der Waals surface area contributed by atoms with Gasteiger partial charge in [0, 0.05) is 11.6 Å². The summed E-state index contributed by atoms with van der Waals surface area (Å²) in [5.41, 5.74) is 0.260. The van der Waals surface area contributed by atoms with Crippen LogP contribution in [0, 0.1) is 17.6 Å². The van der Waals surface area contributed by atoms with Crippen molar-refractivity contribution in [2.24, 2.45) is 5.92 Å². The molecule has 0 saturated carbocycles. The summed E-state index contributed by atoms with van der Waals surface area (Å²) in [5, 5.41) is 23.3. The van der Waals surface area contributed by atoms with E-state index in [1.165, 1.54) is 23.4 Å². The van der Waals surface area contributed by atoms with Crippen LogP contribution in [0.25, 0.3) is 11.8 Å². The Labute approximate surface area is 183 Å². The SMILES string of the molecule is C[C@@H](C/C=C/c1ccc(-n2ccnn2)cc1)[C@](O)(Cn1cncn1)c1ccc(F)cc1F. The average Bonchev–Trinajstić information content (AvgIpc) is 3.48. The minimum Gasteiger partial charge on any atom is -0.383 e. The molecule has 7 nitrogen and oxygen atoms in total. The molecule has 32 heavy (non-hydrogen) atoms. The van der Waals surface area contributed by atoms with Crippen LogP contribution in [0.15, 0.2) is 73.6 Å². The van der Waals surface area contributed by atoms with Crippen molar-refractivity contribution in [1.82, 2.24) is 29.8 Å². The van der Waals surface area contributed by atoms with Gasteiger partial charge >= 0.3 is 0 Å². The Balaban J connectivity index is 1.52. The Bertz CT molecular complexity index is 1180. The third kappa shape index (κ3) is 4.62. The van der Waals surface area contributed by atoms with Crippen LogP contribution in [-0.4, -0.2) is 34.9 Å². The number of hydrogen-bond acceptors (Lipinski definition) is 5. The fraction of sp³-hybridized carbons (Fsp3) is 0.217. The van der Waals surface area contributed by atoms with Crippen molar-refractivity contribution < 1.29 is 13.9 Å². The number of nitrogens with zero attached hydrogens (tertiary/aromatic N) is 6. The number of halogens is 2. The van der Waals surface area contributed by atoms with Gasteiger partial charge in [0.15, 0.2) is 0 Å². The van der Waals surface area contributed by atoms with Gasteiger partial charge in [0.25, 0.3) is 0 Å². The van der Waals surface area contributed by atoms with E-state index in [0.717, 1.165) is 23.4 Å². The standard InChI is InChI=1S/C23H22F2N6O/c1-17(3-2-4-18-5-8-20(9-6-18)31-12-11-27-29-31)23(32,14-30-16-26-15-28-30)21-10-7-19(24)13-22(21)25/h2,4-13,15-17,32H,3,14H2,1H3/b4-2+/t17-,23+/m0/s1. The van der Waals surface area contributed by atoms with E-state index >= 15 is 0 Å². The van der Waals surface area contributed by atoms with Crippen molar-refractivity contribution in [1.29, 1.82) is 0 Å². The van der Waals surface area contributed by atoms with Gasteiger partial charge in [-0.05, 0) is 36.1 Å². The van der Waals surface area contributed by atoms with Gasteiger partial charge in [-0.1, -0.05) is 42.5 Å².